The molecule has 20 heavy (non-hydrogen) atoms. The summed E-state index contributed by atoms with van der Waals surface area (Å²) in [5.74, 6) is 0. The molecule has 0 aliphatic carbocycles. The number of benzene rings is 1. The summed E-state index contributed by atoms with van der Waals surface area (Å²) in [4.78, 5) is 0. The van der Waals surface area contributed by atoms with Crippen molar-refractivity contribution >= 4 is 10.2 Å². The van der Waals surface area contributed by atoms with Crippen LogP contribution < -0.4 is 15.2 Å². The Labute approximate surface area is 115 Å². The van der Waals surface area contributed by atoms with E-state index >= 15 is 0 Å². The summed E-state index contributed by atoms with van der Waals surface area (Å²) < 4.78 is 63.0. The molecular weight excluding hydrogens is 295 g/mol. The van der Waals surface area contributed by atoms with Crippen LogP contribution in [-0.2, 0) is 15.7 Å². The van der Waals surface area contributed by atoms with E-state index in [4.69, 9.17) is 5.73 Å². The second kappa shape index (κ2) is 6.08. The van der Waals surface area contributed by atoms with E-state index in [9.17, 15) is 21.6 Å². The summed E-state index contributed by atoms with van der Waals surface area (Å²) in [6.07, 6.45) is -4.62. The van der Waals surface area contributed by atoms with Gasteiger partial charge in [0, 0.05) is 6.54 Å². The molecule has 1 rings (SSSR count). The van der Waals surface area contributed by atoms with Gasteiger partial charge >= 0.3 is 6.18 Å². The van der Waals surface area contributed by atoms with Gasteiger partial charge in [-0.2, -0.15) is 31.0 Å². The summed E-state index contributed by atoms with van der Waals surface area (Å²) in [6, 6.07) is 8.37. The Kier molecular flexibility index (Phi) is 5.14. The second-order valence-electron chi connectivity index (χ2n) is 4.44. The highest BCUT2D eigenvalue weighted by Crippen LogP contribution is 2.20. The lowest BCUT2D eigenvalue weighted by atomic mass is 9.94. The van der Waals surface area contributed by atoms with Crippen molar-refractivity contribution in [1.29, 1.82) is 0 Å². The van der Waals surface area contributed by atoms with Crippen molar-refractivity contribution in [2.75, 3.05) is 13.1 Å². The predicted molar refractivity (Wildman–Crippen MR) is 69.0 cm³/mol. The van der Waals surface area contributed by atoms with Crippen LogP contribution in [0.5, 0.6) is 0 Å². The normalized spacial score (nSPS) is 15.8. The molecule has 4 N–H and O–H groups in total. The average Bonchev–Trinajstić information content (AvgIpc) is 2.36. The van der Waals surface area contributed by atoms with Gasteiger partial charge in [0.2, 0.25) is 0 Å². The molecule has 0 spiro atoms. The first-order valence-corrected chi connectivity index (χ1v) is 7.17. The van der Waals surface area contributed by atoms with Crippen LogP contribution in [0.1, 0.15) is 12.5 Å². The van der Waals surface area contributed by atoms with E-state index in [1.54, 1.807) is 30.3 Å². The summed E-state index contributed by atoms with van der Waals surface area (Å²) in [5, 5.41) is 0. The van der Waals surface area contributed by atoms with Crippen molar-refractivity contribution in [2.45, 2.75) is 18.6 Å². The van der Waals surface area contributed by atoms with E-state index in [1.807, 2.05) is 0 Å². The van der Waals surface area contributed by atoms with Gasteiger partial charge in [0.05, 0.1) is 5.54 Å². The molecule has 0 aliphatic heterocycles. The van der Waals surface area contributed by atoms with E-state index in [0.29, 0.717) is 5.56 Å². The fraction of sp³-hybridized carbons (Fsp3) is 0.455. The largest absolute Gasteiger partial charge is 0.402 e. The highest BCUT2D eigenvalue weighted by Gasteiger charge is 2.34. The molecule has 114 valence electrons. The van der Waals surface area contributed by atoms with Crippen LogP contribution in [0.3, 0.4) is 0 Å². The maximum absolute atomic E-state index is 12.0. The maximum atomic E-state index is 12.0. The third kappa shape index (κ3) is 5.08. The molecule has 0 bridgehead atoms. The Morgan fingerprint density at radius 2 is 1.75 bits per heavy atom. The van der Waals surface area contributed by atoms with Crippen LogP contribution in [-0.4, -0.2) is 27.7 Å². The molecule has 1 atom stereocenters. The SMILES string of the molecule is CC(CN)(NS(=O)(=O)NCC(F)(F)F)c1ccccc1. The Balaban J connectivity index is 2.88. The van der Waals surface area contributed by atoms with Crippen molar-refractivity contribution < 1.29 is 21.6 Å². The molecule has 0 radical (unpaired) electrons. The van der Waals surface area contributed by atoms with Gasteiger partial charge in [0.25, 0.3) is 10.2 Å². The summed E-state index contributed by atoms with van der Waals surface area (Å²) in [5.41, 5.74) is 4.91. The lowest BCUT2D eigenvalue weighted by molar-refractivity contribution is -0.121. The minimum Gasteiger partial charge on any atom is -0.328 e. The number of halogens is 3. The highest BCUT2D eigenvalue weighted by atomic mass is 32.2. The predicted octanol–water partition coefficient (Wildman–Crippen LogP) is 0.847. The van der Waals surface area contributed by atoms with E-state index in [1.165, 1.54) is 11.6 Å². The quantitative estimate of drug-likeness (QED) is 0.728. The smallest absolute Gasteiger partial charge is 0.328 e. The number of nitrogens with two attached hydrogens (primary N) is 1. The van der Waals surface area contributed by atoms with Gasteiger partial charge in [-0.15, -0.1) is 0 Å². The molecule has 0 saturated carbocycles. The van der Waals surface area contributed by atoms with Crippen molar-refractivity contribution in [2.24, 2.45) is 5.73 Å². The lowest BCUT2D eigenvalue weighted by Crippen LogP contribution is -2.53. The fourth-order valence-corrected chi connectivity index (χ4v) is 2.75. The zero-order valence-electron chi connectivity index (χ0n) is 10.7. The zero-order chi connectivity index (χ0) is 15.4. The first kappa shape index (κ1) is 16.9. The molecule has 1 aromatic carbocycles. The molecule has 1 unspecified atom stereocenters. The summed E-state index contributed by atoms with van der Waals surface area (Å²) >= 11 is 0. The topological polar surface area (TPSA) is 84.2 Å². The number of nitrogens with one attached hydrogen (secondary N) is 2. The van der Waals surface area contributed by atoms with Crippen molar-refractivity contribution in [3.63, 3.8) is 0 Å². The molecule has 9 heteroatoms. The molecule has 0 aliphatic rings. The van der Waals surface area contributed by atoms with Crippen LogP contribution in [0, 0.1) is 0 Å². The van der Waals surface area contributed by atoms with Crippen molar-refractivity contribution in [1.82, 2.24) is 9.44 Å². The van der Waals surface area contributed by atoms with E-state index < -0.39 is 28.5 Å². The van der Waals surface area contributed by atoms with Crippen molar-refractivity contribution in [3.05, 3.63) is 35.9 Å². The van der Waals surface area contributed by atoms with E-state index in [-0.39, 0.29) is 6.54 Å². The fourth-order valence-electron chi connectivity index (χ4n) is 1.53. The summed E-state index contributed by atoms with van der Waals surface area (Å²) in [7, 11) is -4.33. The van der Waals surface area contributed by atoms with Crippen LogP contribution in [0.15, 0.2) is 30.3 Å². The first-order chi connectivity index (χ1) is 9.08. The average molecular weight is 311 g/mol. The standard InChI is InChI=1S/C11H16F3N3O2S/c1-10(7-15,9-5-3-2-4-6-9)17-20(18,19)16-8-11(12,13)14/h2-6,16-17H,7-8,15H2,1H3. The van der Waals surface area contributed by atoms with Crippen molar-refractivity contribution in [3.8, 4) is 0 Å². The van der Waals surface area contributed by atoms with Gasteiger partial charge in [0.15, 0.2) is 0 Å². The number of hydrogen-bond donors (Lipinski definition) is 3. The van der Waals surface area contributed by atoms with Crippen LogP contribution in [0.25, 0.3) is 0 Å². The molecule has 0 fully saturated rings. The Hall–Kier alpha value is -1.16. The molecule has 5 nitrogen and oxygen atoms in total. The van der Waals surface area contributed by atoms with Crippen LogP contribution >= 0.6 is 0 Å². The first-order valence-electron chi connectivity index (χ1n) is 5.69. The third-order valence-corrected chi connectivity index (χ3v) is 3.89. The molecular formula is C11H16F3N3O2S. The van der Waals surface area contributed by atoms with Gasteiger partial charge in [-0.05, 0) is 12.5 Å². The monoisotopic (exact) mass is 311 g/mol. The van der Waals surface area contributed by atoms with E-state index in [2.05, 4.69) is 4.72 Å². The van der Waals surface area contributed by atoms with Crippen LogP contribution in [0.2, 0.25) is 0 Å². The van der Waals surface area contributed by atoms with Gasteiger partial charge in [-0.25, -0.2) is 0 Å². The number of rotatable bonds is 6. The molecule has 0 heterocycles. The lowest BCUT2D eigenvalue weighted by Gasteiger charge is -2.29. The molecule has 1 aromatic rings. The zero-order valence-corrected chi connectivity index (χ0v) is 11.6. The number of hydrogen-bond acceptors (Lipinski definition) is 3. The Bertz CT molecular complexity index is 534. The highest BCUT2D eigenvalue weighted by molar-refractivity contribution is 7.87. The number of alkyl halides is 3. The molecule has 0 amide bonds. The van der Waals surface area contributed by atoms with Crippen LogP contribution in [0.4, 0.5) is 13.2 Å². The Morgan fingerprint density at radius 1 is 1.20 bits per heavy atom. The van der Waals surface area contributed by atoms with Gasteiger partial charge in [0.1, 0.15) is 6.54 Å². The maximum Gasteiger partial charge on any atom is 0.402 e. The summed E-state index contributed by atoms with van der Waals surface area (Å²) in [6.45, 7) is -0.253. The van der Waals surface area contributed by atoms with Gasteiger partial charge in [-0.1, -0.05) is 30.3 Å². The minimum absolute atomic E-state index is 0.107. The van der Waals surface area contributed by atoms with E-state index in [0.717, 1.165) is 0 Å². The second-order valence-corrected chi connectivity index (χ2v) is 5.94. The third-order valence-electron chi connectivity index (χ3n) is 2.64. The van der Waals surface area contributed by atoms with Gasteiger partial charge in [-0.3, -0.25) is 0 Å². The Morgan fingerprint density at radius 3 is 2.20 bits per heavy atom. The molecule has 0 saturated heterocycles. The molecule has 0 aromatic heterocycles. The minimum atomic E-state index is -4.62. The van der Waals surface area contributed by atoms with Gasteiger partial charge < -0.3 is 5.73 Å².